The van der Waals surface area contributed by atoms with E-state index in [0.717, 1.165) is 62.0 Å². The zero-order valence-electron chi connectivity index (χ0n) is 17.7. The molecule has 5 nitrogen and oxygen atoms in total. The molecule has 1 aliphatic carbocycles. The lowest BCUT2D eigenvalue weighted by molar-refractivity contribution is -0.137. The van der Waals surface area contributed by atoms with Gasteiger partial charge in [0, 0.05) is 38.0 Å². The topological polar surface area (TPSA) is 51.7 Å². The van der Waals surface area contributed by atoms with Crippen LogP contribution in [0.1, 0.15) is 56.1 Å². The first-order chi connectivity index (χ1) is 14.8. The fourth-order valence-electron chi connectivity index (χ4n) is 4.41. The van der Waals surface area contributed by atoms with Gasteiger partial charge in [0.2, 0.25) is 5.91 Å². The predicted molar refractivity (Wildman–Crippen MR) is 116 cm³/mol. The minimum Gasteiger partial charge on any atom is -0.491 e. The zero-order valence-corrected chi connectivity index (χ0v) is 17.7. The Morgan fingerprint density at radius 1 is 1.00 bits per heavy atom. The highest BCUT2D eigenvalue weighted by atomic mass is 16.5. The number of benzene rings is 1. The Labute approximate surface area is 179 Å². The van der Waals surface area contributed by atoms with Gasteiger partial charge in [-0.25, -0.2) is 0 Å². The normalized spacial score (nSPS) is 19.5. The number of aromatic nitrogens is 1. The van der Waals surface area contributed by atoms with Crippen LogP contribution in [0.25, 0.3) is 0 Å². The number of hydrogen-bond donors (Lipinski definition) is 0. The predicted octanol–water partition coefficient (Wildman–Crippen LogP) is 4.75. The third-order valence-electron chi connectivity index (χ3n) is 6.12. The van der Waals surface area contributed by atoms with E-state index in [1.54, 1.807) is 6.20 Å². The molecule has 0 radical (unpaired) electrons. The van der Waals surface area contributed by atoms with E-state index in [4.69, 9.17) is 9.47 Å². The number of ether oxygens (including phenoxy) is 2. The van der Waals surface area contributed by atoms with Crippen molar-refractivity contribution in [3.63, 3.8) is 0 Å². The molecule has 0 bridgehead atoms. The molecule has 1 aromatic heterocycles. The van der Waals surface area contributed by atoms with E-state index in [9.17, 15) is 4.79 Å². The Kier molecular flexibility index (Phi) is 7.35. The Balaban J connectivity index is 1.40. The quantitative estimate of drug-likeness (QED) is 0.633. The van der Waals surface area contributed by atoms with E-state index in [-0.39, 0.29) is 17.9 Å². The molecular formula is C25H32N2O3. The van der Waals surface area contributed by atoms with Crippen LogP contribution in [0.2, 0.25) is 0 Å². The van der Waals surface area contributed by atoms with Crippen LogP contribution < -0.4 is 4.74 Å². The highest BCUT2D eigenvalue weighted by Gasteiger charge is 2.26. The van der Waals surface area contributed by atoms with Crippen molar-refractivity contribution >= 4 is 5.91 Å². The van der Waals surface area contributed by atoms with Gasteiger partial charge in [-0.3, -0.25) is 9.78 Å². The summed E-state index contributed by atoms with van der Waals surface area (Å²) in [6.07, 6.45) is 11.6. The molecule has 4 rings (SSSR count). The standard InChI is InChI=1S/C25H32N2O3/c28-25(22-7-2-1-3-8-22)27(18-21-6-4-14-26-16-21)17-20-10-12-23(13-11-20)30-19-24-9-5-15-29-24/h4,6,10-14,16,22,24H,1-3,5,7-9,15,17-19H2/t24-/m0/s1. The minimum absolute atomic E-state index is 0.157. The van der Waals surface area contributed by atoms with Crippen LogP contribution in [0.15, 0.2) is 48.8 Å². The van der Waals surface area contributed by atoms with Gasteiger partial charge in [-0.05, 0) is 55.0 Å². The molecule has 1 amide bonds. The second kappa shape index (κ2) is 10.6. The Morgan fingerprint density at radius 2 is 1.80 bits per heavy atom. The smallest absolute Gasteiger partial charge is 0.226 e. The van der Waals surface area contributed by atoms with E-state index in [1.165, 1.54) is 6.42 Å². The van der Waals surface area contributed by atoms with Crippen molar-refractivity contribution in [3.8, 4) is 5.75 Å². The van der Waals surface area contributed by atoms with Gasteiger partial charge in [0.05, 0.1) is 6.10 Å². The van der Waals surface area contributed by atoms with Crippen molar-refractivity contribution in [1.82, 2.24) is 9.88 Å². The molecule has 1 saturated heterocycles. The first-order valence-electron chi connectivity index (χ1n) is 11.3. The Hall–Kier alpha value is -2.40. The van der Waals surface area contributed by atoms with Crippen LogP contribution in [-0.2, 0) is 22.6 Å². The van der Waals surface area contributed by atoms with Crippen LogP contribution >= 0.6 is 0 Å². The monoisotopic (exact) mass is 408 g/mol. The fraction of sp³-hybridized carbons (Fsp3) is 0.520. The van der Waals surface area contributed by atoms with E-state index in [2.05, 4.69) is 17.1 Å². The lowest BCUT2D eigenvalue weighted by atomic mass is 9.88. The van der Waals surface area contributed by atoms with E-state index in [1.807, 2.05) is 35.4 Å². The summed E-state index contributed by atoms with van der Waals surface area (Å²) in [5.41, 5.74) is 2.19. The number of pyridine rings is 1. The largest absolute Gasteiger partial charge is 0.491 e. The van der Waals surface area contributed by atoms with E-state index >= 15 is 0 Å². The SMILES string of the molecule is O=C(C1CCCCC1)N(Cc1ccc(OC[C@@H]2CCCO2)cc1)Cc1cccnc1. The van der Waals surface area contributed by atoms with Crippen molar-refractivity contribution in [1.29, 1.82) is 0 Å². The van der Waals surface area contributed by atoms with Gasteiger partial charge in [0.25, 0.3) is 0 Å². The van der Waals surface area contributed by atoms with Crippen LogP contribution in [0.4, 0.5) is 0 Å². The molecular weight excluding hydrogens is 376 g/mol. The van der Waals surface area contributed by atoms with Crippen molar-refractivity contribution in [2.45, 2.75) is 64.1 Å². The summed E-state index contributed by atoms with van der Waals surface area (Å²) >= 11 is 0. The second-order valence-electron chi connectivity index (χ2n) is 8.48. The molecule has 160 valence electrons. The molecule has 5 heteroatoms. The average Bonchev–Trinajstić information content (AvgIpc) is 3.33. The van der Waals surface area contributed by atoms with E-state index in [0.29, 0.717) is 19.7 Å². The van der Waals surface area contributed by atoms with Crippen LogP contribution in [0.5, 0.6) is 5.75 Å². The third-order valence-corrected chi connectivity index (χ3v) is 6.12. The fourth-order valence-corrected chi connectivity index (χ4v) is 4.41. The molecule has 0 spiro atoms. The highest BCUT2D eigenvalue weighted by molar-refractivity contribution is 5.79. The van der Waals surface area contributed by atoms with Gasteiger partial charge in [-0.15, -0.1) is 0 Å². The van der Waals surface area contributed by atoms with Crippen molar-refractivity contribution < 1.29 is 14.3 Å². The molecule has 1 saturated carbocycles. The maximum absolute atomic E-state index is 13.3. The number of amides is 1. The molecule has 0 N–H and O–H groups in total. The summed E-state index contributed by atoms with van der Waals surface area (Å²) in [5, 5.41) is 0. The van der Waals surface area contributed by atoms with Crippen LogP contribution in [-0.4, -0.2) is 35.1 Å². The van der Waals surface area contributed by atoms with Gasteiger partial charge in [-0.2, -0.15) is 0 Å². The molecule has 1 aromatic carbocycles. The first kappa shape index (κ1) is 20.9. The lowest BCUT2D eigenvalue weighted by Gasteiger charge is -2.29. The molecule has 2 fully saturated rings. The van der Waals surface area contributed by atoms with Gasteiger partial charge in [0.15, 0.2) is 0 Å². The van der Waals surface area contributed by atoms with Gasteiger partial charge in [-0.1, -0.05) is 37.5 Å². The maximum Gasteiger partial charge on any atom is 0.226 e. The molecule has 2 heterocycles. The summed E-state index contributed by atoms with van der Waals surface area (Å²) in [4.78, 5) is 19.5. The Bertz CT molecular complexity index is 782. The minimum atomic E-state index is 0.157. The molecule has 1 atom stereocenters. The highest BCUT2D eigenvalue weighted by Crippen LogP contribution is 2.27. The number of rotatable bonds is 8. The molecule has 0 unspecified atom stereocenters. The number of carbonyl (C=O) groups excluding carboxylic acids is 1. The van der Waals surface area contributed by atoms with Gasteiger partial charge < -0.3 is 14.4 Å². The number of hydrogen-bond acceptors (Lipinski definition) is 4. The summed E-state index contributed by atoms with van der Waals surface area (Å²) in [5.74, 6) is 1.29. The van der Waals surface area contributed by atoms with Gasteiger partial charge in [0.1, 0.15) is 12.4 Å². The zero-order chi connectivity index (χ0) is 20.6. The van der Waals surface area contributed by atoms with Crippen LogP contribution in [0.3, 0.4) is 0 Å². The Morgan fingerprint density at radius 3 is 2.50 bits per heavy atom. The molecule has 30 heavy (non-hydrogen) atoms. The summed E-state index contributed by atoms with van der Waals surface area (Å²) < 4.78 is 11.5. The van der Waals surface area contributed by atoms with Crippen molar-refractivity contribution in [3.05, 3.63) is 59.9 Å². The first-order valence-corrected chi connectivity index (χ1v) is 11.3. The molecule has 2 aromatic rings. The molecule has 1 aliphatic heterocycles. The van der Waals surface area contributed by atoms with E-state index < -0.39 is 0 Å². The summed E-state index contributed by atoms with van der Waals surface area (Å²) in [7, 11) is 0. The lowest BCUT2D eigenvalue weighted by Crippen LogP contribution is -2.36. The summed E-state index contributed by atoms with van der Waals surface area (Å²) in [6.45, 7) is 2.65. The second-order valence-corrected chi connectivity index (χ2v) is 8.48. The van der Waals surface area contributed by atoms with Crippen molar-refractivity contribution in [2.24, 2.45) is 5.92 Å². The van der Waals surface area contributed by atoms with Crippen molar-refractivity contribution in [2.75, 3.05) is 13.2 Å². The maximum atomic E-state index is 13.3. The van der Waals surface area contributed by atoms with Crippen LogP contribution in [0, 0.1) is 5.92 Å². The summed E-state index contributed by atoms with van der Waals surface area (Å²) in [6, 6.07) is 12.1. The van der Waals surface area contributed by atoms with Gasteiger partial charge >= 0.3 is 0 Å². The average molecular weight is 409 g/mol. The number of nitrogens with zero attached hydrogens (tertiary/aromatic N) is 2. The molecule has 2 aliphatic rings. The number of carbonyl (C=O) groups is 1. The third kappa shape index (κ3) is 5.82.